The zero-order valence-electron chi connectivity index (χ0n) is 22.6. The van der Waals surface area contributed by atoms with Gasteiger partial charge in [0, 0.05) is 19.3 Å². The Bertz CT molecular complexity index is 1710. The van der Waals surface area contributed by atoms with E-state index in [-0.39, 0.29) is 23.8 Å². The lowest BCUT2D eigenvalue weighted by Crippen LogP contribution is -2.37. The van der Waals surface area contributed by atoms with Crippen LogP contribution in [0.5, 0.6) is 0 Å². The van der Waals surface area contributed by atoms with Gasteiger partial charge in [-0.25, -0.2) is 9.37 Å². The van der Waals surface area contributed by atoms with Crippen LogP contribution in [0.25, 0.3) is 11.7 Å². The molecule has 0 aliphatic carbocycles. The number of pyridine rings is 1. The van der Waals surface area contributed by atoms with Gasteiger partial charge in [-0.2, -0.15) is 0 Å². The average Bonchev–Trinajstić information content (AvgIpc) is 3.24. The normalized spacial score (nSPS) is 17.3. The summed E-state index contributed by atoms with van der Waals surface area (Å²) in [6, 6.07) is 20.3. The Balaban J connectivity index is 1.32. The smallest absolute Gasteiger partial charge is 0.267 e. The molecule has 2 aliphatic rings. The van der Waals surface area contributed by atoms with Crippen molar-refractivity contribution in [3.63, 3.8) is 0 Å². The summed E-state index contributed by atoms with van der Waals surface area (Å²) < 4.78 is 15.3. The van der Waals surface area contributed by atoms with Gasteiger partial charge in [0.2, 0.25) is 0 Å². The van der Waals surface area contributed by atoms with E-state index in [9.17, 15) is 14.0 Å². The lowest BCUT2D eigenvalue weighted by Gasteiger charge is -2.33. The largest absolute Gasteiger partial charge is 0.356 e. The fourth-order valence-electron chi connectivity index (χ4n) is 5.50. The number of piperidine rings is 1. The molecule has 4 aromatic rings. The number of thiocarbonyl (C=S) groups is 1. The molecule has 2 aliphatic heterocycles. The molecule has 6 rings (SSSR count). The minimum atomic E-state index is -0.338. The van der Waals surface area contributed by atoms with Crippen LogP contribution in [0.2, 0.25) is 0 Å². The highest BCUT2D eigenvalue weighted by atomic mass is 32.2. The molecular weight excluding hydrogens is 556 g/mol. The van der Waals surface area contributed by atoms with E-state index >= 15 is 0 Å². The quantitative estimate of drug-likeness (QED) is 0.205. The van der Waals surface area contributed by atoms with E-state index < -0.39 is 0 Å². The third-order valence-corrected chi connectivity index (χ3v) is 9.13. The van der Waals surface area contributed by atoms with E-state index in [2.05, 4.69) is 29.2 Å². The van der Waals surface area contributed by atoms with Gasteiger partial charge in [-0.3, -0.25) is 18.9 Å². The molecule has 0 unspecified atom stereocenters. The molecule has 0 saturated carbocycles. The Kier molecular flexibility index (Phi) is 7.73. The number of rotatable bonds is 6. The van der Waals surface area contributed by atoms with E-state index in [1.165, 1.54) is 34.4 Å². The number of aromatic nitrogens is 2. The molecule has 2 aromatic heterocycles. The lowest BCUT2D eigenvalue weighted by molar-refractivity contribution is -0.122. The molecule has 1 amide bonds. The molecule has 0 atom stereocenters. The molecule has 0 radical (unpaired) electrons. The van der Waals surface area contributed by atoms with Crippen LogP contribution in [0.3, 0.4) is 0 Å². The first-order valence-electron chi connectivity index (χ1n) is 13.7. The fourth-order valence-corrected chi connectivity index (χ4v) is 6.74. The Morgan fingerprint density at radius 3 is 2.46 bits per heavy atom. The number of aryl methyl sites for hydroxylation is 1. The predicted octanol–water partition coefficient (Wildman–Crippen LogP) is 6.00. The SMILES string of the molecule is Cc1cccn2c(=O)c(/C=C3/SC(=S)N(Cc4ccc(F)cc4)C3=O)c(N3CCC(Cc4ccccc4)CC3)nc12. The van der Waals surface area contributed by atoms with Crippen LogP contribution in [0.4, 0.5) is 10.2 Å². The number of benzene rings is 2. The van der Waals surface area contributed by atoms with E-state index in [0.29, 0.717) is 32.2 Å². The summed E-state index contributed by atoms with van der Waals surface area (Å²) >= 11 is 6.70. The first-order chi connectivity index (χ1) is 19.9. The van der Waals surface area contributed by atoms with E-state index in [1.54, 1.807) is 28.8 Å². The molecule has 0 bridgehead atoms. The monoisotopic (exact) mass is 584 g/mol. The number of carbonyl (C=O) groups excluding carboxylic acids is 1. The van der Waals surface area contributed by atoms with Crippen LogP contribution < -0.4 is 10.5 Å². The highest BCUT2D eigenvalue weighted by Gasteiger charge is 2.33. The van der Waals surface area contributed by atoms with Crippen LogP contribution in [-0.2, 0) is 17.8 Å². The van der Waals surface area contributed by atoms with Crippen molar-refractivity contribution in [2.75, 3.05) is 18.0 Å². The maximum atomic E-state index is 13.9. The molecule has 9 heteroatoms. The second-order valence-corrected chi connectivity index (χ2v) is 12.2. The van der Waals surface area contributed by atoms with E-state index in [0.717, 1.165) is 43.5 Å². The molecule has 0 N–H and O–H groups in total. The van der Waals surface area contributed by atoms with Gasteiger partial charge in [0.1, 0.15) is 21.6 Å². The van der Waals surface area contributed by atoms with Gasteiger partial charge in [-0.15, -0.1) is 0 Å². The average molecular weight is 585 g/mol. The Morgan fingerprint density at radius 2 is 1.73 bits per heavy atom. The Labute approximate surface area is 247 Å². The van der Waals surface area contributed by atoms with Gasteiger partial charge in [-0.1, -0.05) is 72.5 Å². The summed E-state index contributed by atoms with van der Waals surface area (Å²) in [4.78, 5) is 36.4. The third-order valence-electron chi connectivity index (χ3n) is 7.75. The number of anilines is 1. The maximum Gasteiger partial charge on any atom is 0.267 e. The Hall–Kier alpha value is -3.82. The second kappa shape index (κ2) is 11.6. The summed E-state index contributed by atoms with van der Waals surface area (Å²) in [5, 5.41) is 0. The summed E-state index contributed by atoms with van der Waals surface area (Å²) in [5.74, 6) is 0.551. The van der Waals surface area contributed by atoms with Crippen LogP contribution in [-0.4, -0.2) is 37.6 Å². The fraction of sp³-hybridized carbons (Fsp3) is 0.250. The number of hydrogen-bond donors (Lipinski definition) is 0. The zero-order chi connectivity index (χ0) is 28.5. The number of amides is 1. The van der Waals surface area contributed by atoms with Gasteiger partial charge < -0.3 is 4.90 Å². The van der Waals surface area contributed by atoms with Crippen molar-refractivity contribution in [1.29, 1.82) is 0 Å². The highest BCUT2D eigenvalue weighted by Crippen LogP contribution is 2.35. The lowest BCUT2D eigenvalue weighted by atomic mass is 9.90. The predicted molar refractivity (Wildman–Crippen MR) is 166 cm³/mol. The summed E-state index contributed by atoms with van der Waals surface area (Å²) in [6.07, 6.45) is 6.38. The van der Waals surface area contributed by atoms with Gasteiger partial charge in [0.25, 0.3) is 11.5 Å². The minimum Gasteiger partial charge on any atom is -0.356 e. The molecule has 208 valence electrons. The molecule has 6 nitrogen and oxygen atoms in total. The number of hydrogen-bond acceptors (Lipinski definition) is 6. The van der Waals surface area contributed by atoms with Crippen molar-refractivity contribution in [3.8, 4) is 0 Å². The first-order valence-corrected chi connectivity index (χ1v) is 14.9. The maximum absolute atomic E-state index is 13.9. The molecular formula is C32H29FN4O2S2. The number of carbonyl (C=O) groups is 1. The molecule has 0 spiro atoms. The first kappa shape index (κ1) is 27.4. The molecule has 41 heavy (non-hydrogen) atoms. The van der Waals surface area contributed by atoms with Crippen LogP contribution in [0, 0.1) is 18.7 Å². The molecule has 4 heterocycles. The summed E-state index contributed by atoms with van der Waals surface area (Å²) in [6.45, 7) is 3.73. The third kappa shape index (κ3) is 5.69. The topological polar surface area (TPSA) is 57.9 Å². The van der Waals surface area contributed by atoms with Crippen molar-refractivity contribution in [2.24, 2.45) is 5.92 Å². The highest BCUT2D eigenvalue weighted by molar-refractivity contribution is 8.26. The summed E-state index contributed by atoms with van der Waals surface area (Å²) in [5.41, 5.74) is 3.79. The van der Waals surface area contributed by atoms with Crippen LogP contribution in [0.15, 0.2) is 82.6 Å². The molecule has 2 saturated heterocycles. The van der Waals surface area contributed by atoms with Gasteiger partial charge in [0.05, 0.1) is 17.0 Å². The number of nitrogens with zero attached hydrogens (tertiary/aromatic N) is 4. The summed E-state index contributed by atoms with van der Waals surface area (Å²) in [7, 11) is 0. The minimum absolute atomic E-state index is 0.219. The van der Waals surface area contributed by atoms with Crippen molar-refractivity contribution >= 4 is 51.7 Å². The van der Waals surface area contributed by atoms with Crippen molar-refractivity contribution in [1.82, 2.24) is 14.3 Å². The van der Waals surface area contributed by atoms with Crippen molar-refractivity contribution < 1.29 is 9.18 Å². The second-order valence-electron chi connectivity index (χ2n) is 10.6. The van der Waals surface area contributed by atoms with Crippen LogP contribution in [0.1, 0.15) is 35.1 Å². The van der Waals surface area contributed by atoms with Crippen molar-refractivity contribution in [2.45, 2.75) is 32.7 Å². The molecule has 2 aromatic carbocycles. The van der Waals surface area contributed by atoms with Crippen LogP contribution >= 0.6 is 24.0 Å². The molecule has 2 fully saturated rings. The zero-order valence-corrected chi connectivity index (χ0v) is 24.3. The standard InChI is InChI=1S/C32H29FN4O2S2/c1-21-6-5-15-36-28(21)34-29(35-16-13-23(14-17-35)18-22-7-3-2-4-8-22)26(30(36)38)19-27-31(39)37(32(40)41-27)20-24-9-11-25(33)12-10-24/h2-12,15,19,23H,13-14,16-18,20H2,1H3/b27-19+. The number of thioether (sulfide) groups is 1. The van der Waals surface area contributed by atoms with E-state index in [1.807, 2.05) is 25.1 Å². The number of halogens is 1. The van der Waals surface area contributed by atoms with Gasteiger partial charge in [0.15, 0.2) is 0 Å². The number of fused-ring (bicyclic) bond motifs is 1. The van der Waals surface area contributed by atoms with E-state index in [4.69, 9.17) is 17.2 Å². The van der Waals surface area contributed by atoms with Gasteiger partial charge >= 0.3 is 0 Å². The Morgan fingerprint density at radius 1 is 1.00 bits per heavy atom. The van der Waals surface area contributed by atoms with Gasteiger partial charge in [-0.05, 0) is 73.1 Å². The van der Waals surface area contributed by atoms with Crippen molar-refractivity contribution in [3.05, 3.63) is 116 Å².